The van der Waals surface area contributed by atoms with E-state index in [-0.39, 0.29) is 29.4 Å². The third-order valence-corrected chi connectivity index (χ3v) is 3.92. The lowest BCUT2D eigenvalue weighted by molar-refractivity contribution is 0.0994. The van der Waals surface area contributed by atoms with Gasteiger partial charge in [0.15, 0.2) is 5.78 Å². The molecule has 0 fully saturated rings. The van der Waals surface area contributed by atoms with Crippen LogP contribution in [0.3, 0.4) is 0 Å². The largest absolute Gasteiger partial charge is 0.396 e. The van der Waals surface area contributed by atoms with Gasteiger partial charge in [0.1, 0.15) is 5.82 Å². The predicted molar refractivity (Wildman–Crippen MR) is 68.9 cm³/mol. The lowest BCUT2D eigenvalue weighted by Crippen LogP contribution is -2.16. The molecule has 0 spiro atoms. The molecule has 0 heterocycles. The van der Waals surface area contributed by atoms with E-state index in [4.69, 9.17) is 5.11 Å². The Morgan fingerprint density at radius 3 is 2.47 bits per heavy atom. The van der Waals surface area contributed by atoms with Gasteiger partial charge in [0.2, 0.25) is 0 Å². The number of hydrogen-bond acceptors (Lipinski definition) is 3. The van der Waals surface area contributed by atoms with Crippen LogP contribution in [-0.4, -0.2) is 28.5 Å². The molecule has 0 bridgehead atoms. The van der Waals surface area contributed by atoms with Gasteiger partial charge >= 0.3 is 0 Å². The van der Waals surface area contributed by atoms with Crippen LogP contribution in [0.1, 0.15) is 24.2 Å². The van der Waals surface area contributed by atoms with E-state index in [0.29, 0.717) is 5.56 Å². The monoisotopic (exact) mass is 256 g/mol. The summed E-state index contributed by atoms with van der Waals surface area (Å²) >= 11 is 1.51. The molecule has 0 aromatic heterocycles. The van der Waals surface area contributed by atoms with Gasteiger partial charge in [-0.15, -0.1) is 0 Å². The van der Waals surface area contributed by atoms with Gasteiger partial charge in [-0.3, -0.25) is 4.79 Å². The number of thioether (sulfide) groups is 1. The van der Waals surface area contributed by atoms with Gasteiger partial charge in [0, 0.05) is 12.2 Å². The second-order valence-electron chi connectivity index (χ2n) is 4.13. The van der Waals surface area contributed by atoms with Gasteiger partial charge < -0.3 is 5.11 Å². The molecule has 0 saturated carbocycles. The minimum Gasteiger partial charge on any atom is -0.396 e. The summed E-state index contributed by atoms with van der Waals surface area (Å²) in [7, 11) is 0. The van der Waals surface area contributed by atoms with E-state index in [1.165, 1.54) is 36.0 Å². The second kappa shape index (κ2) is 6.77. The Labute approximate surface area is 105 Å². The van der Waals surface area contributed by atoms with Crippen molar-refractivity contribution in [2.75, 3.05) is 12.4 Å². The van der Waals surface area contributed by atoms with Crippen LogP contribution in [0.2, 0.25) is 0 Å². The van der Waals surface area contributed by atoms with Crippen molar-refractivity contribution in [3.8, 4) is 0 Å². The van der Waals surface area contributed by atoms with Crippen molar-refractivity contribution in [3.63, 3.8) is 0 Å². The van der Waals surface area contributed by atoms with Gasteiger partial charge in [-0.1, -0.05) is 6.92 Å². The van der Waals surface area contributed by atoms with Crippen molar-refractivity contribution < 1.29 is 14.3 Å². The molecule has 94 valence electrons. The summed E-state index contributed by atoms with van der Waals surface area (Å²) in [5, 5.41) is 8.72. The second-order valence-corrected chi connectivity index (χ2v) is 5.51. The fourth-order valence-corrected chi connectivity index (χ4v) is 2.30. The van der Waals surface area contributed by atoms with Crippen molar-refractivity contribution in [1.29, 1.82) is 0 Å². The highest BCUT2D eigenvalue weighted by atomic mass is 32.2. The molecule has 2 nitrogen and oxygen atoms in total. The number of aliphatic hydroxyl groups excluding tert-OH is 1. The maximum Gasteiger partial charge on any atom is 0.175 e. The maximum absolute atomic E-state index is 12.7. The highest BCUT2D eigenvalue weighted by Crippen LogP contribution is 2.19. The van der Waals surface area contributed by atoms with Crippen LogP contribution in [0, 0.1) is 11.7 Å². The molecule has 2 atom stereocenters. The molecule has 17 heavy (non-hydrogen) atoms. The first-order chi connectivity index (χ1) is 8.04. The van der Waals surface area contributed by atoms with Gasteiger partial charge in [0.25, 0.3) is 0 Å². The standard InChI is InChI=1S/C13H17FO2S/c1-9(7-15)8-17-10(2)13(16)11-3-5-12(14)6-4-11/h3-6,9-10,15H,7-8H2,1-2H3. The van der Waals surface area contributed by atoms with Gasteiger partial charge in [-0.05, 0) is 42.9 Å². The topological polar surface area (TPSA) is 37.3 Å². The van der Waals surface area contributed by atoms with E-state index in [1.807, 2.05) is 13.8 Å². The van der Waals surface area contributed by atoms with Crippen LogP contribution < -0.4 is 0 Å². The first kappa shape index (κ1) is 14.2. The maximum atomic E-state index is 12.7. The number of carbonyl (C=O) groups excluding carboxylic acids is 1. The summed E-state index contributed by atoms with van der Waals surface area (Å²) in [6, 6.07) is 5.59. The number of carbonyl (C=O) groups is 1. The molecule has 0 radical (unpaired) electrons. The minimum atomic E-state index is -0.337. The Kier molecular flexibility index (Phi) is 5.65. The van der Waals surface area contributed by atoms with Crippen molar-refractivity contribution in [2.24, 2.45) is 5.92 Å². The summed E-state index contributed by atoms with van der Waals surface area (Å²) in [6.45, 7) is 3.90. The Balaban J connectivity index is 2.54. The molecular formula is C13H17FO2S. The number of ketones is 1. The van der Waals surface area contributed by atoms with Crippen molar-refractivity contribution in [2.45, 2.75) is 19.1 Å². The predicted octanol–water partition coefficient (Wildman–Crippen LogP) is 2.76. The summed E-state index contributed by atoms with van der Waals surface area (Å²) in [6.07, 6.45) is 0. The average molecular weight is 256 g/mol. The van der Waals surface area contributed by atoms with E-state index in [9.17, 15) is 9.18 Å². The van der Waals surface area contributed by atoms with E-state index in [0.717, 1.165) is 5.75 Å². The lowest BCUT2D eigenvalue weighted by Gasteiger charge is -2.13. The molecule has 0 aliphatic heterocycles. The third-order valence-electron chi connectivity index (χ3n) is 2.44. The molecule has 2 unspecified atom stereocenters. The normalized spacial score (nSPS) is 14.4. The minimum absolute atomic E-state index is 0.000129. The summed E-state index contributed by atoms with van der Waals surface area (Å²) < 4.78 is 12.7. The number of hydrogen-bond donors (Lipinski definition) is 1. The quantitative estimate of drug-likeness (QED) is 0.795. The Bertz CT molecular complexity index is 364. The van der Waals surface area contributed by atoms with Crippen molar-refractivity contribution >= 4 is 17.5 Å². The van der Waals surface area contributed by atoms with Gasteiger partial charge in [-0.25, -0.2) is 4.39 Å². The van der Waals surface area contributed by atoms with Crippen LogP contribution in [0.25, 0.3) is 0 Å². The van der Waals surface area contributed by atoms with Gasteiger partial charge in [-0.2, -0.15) is 11.8 Å². The SMILES string of the molecule is CC(CO)CSC(C)C(=O)c1ccc(F)cc1. The Morgan fingerprint density at radius 2 is 1.94 bits per heavy atom. The van der Waals surface area contributed by atoms with Crippen LogP contribution >= 0.6 is 11.8 Å². The molecule has 0 amide bonds. The third kappa shape index (κ3) is 4.48. The highest BCUT2D eigenvalue weighted by Gasteiger charge is 2.16. The van der Waals surface area contributed by atoms with Crippen molar-refractivity contribution in [1.82, 2.24) is 0 Å². The Hall–Kier alpha value is -0.870. The first-order valence-corrected chi connectivity index (χ1v) is 6.61. The molecule has 1 aromatic rings. The molecule has 4 heteroatoms. The zero-order valence-corrected chi connectivity index (χ0v) is 10.8. The van der Waals surface area contributed by atoms with Crippen LogP contribution in [0.15, 0.2) is 24.3 Å². The highest BCUT2D eigenvalue weighted by molar-refractivity contribution is 8.00. The summed E-state index contributed by atoms with van der Waals surface area (Å²) in [5.41, 5.74) is 0.531. The molecule has 1 aromatic carbocycles. The zero-order valence-electron chi connectivity index (χ0n) is 10.0. The lowest BCUT2D eigenvalue weighted by atomic mass is 10.1. The zero-order chi connectivity index (χ0) is 12.8. The van der Waals surface area contributed by atoms with Crippen LogP contribution in [0.5, 0.6) is 0 Å². The number of Topliss-reactive ketones (excluding diaryl/α,β-unsaturated/α-hetero) is 1. The van der Waals surface area contributed by atoms with E-state index >= 15 is 0 Å². The number of benzene rings is 1. The van der Waals surface area contributed by atoms with Gasteiger partial charge in [0.05, 0.1) is 5.25 Å². The molecule has 1 rings (SSSR count). The van der Waals surface area contributed by atoms with E-state index in [1.54, 1.807) is 0 Å². The average Bonchev–Trinajstić information content (AvgIpc) is 2.35. The fourth-order valence-electron chi connectivity index (χ4n) is 1.29. The molecular weight excluding hydrogens is 239 g/mol. The fraction of sp³-hybridized carbons (Fsp3) is 0.462. The van der Waals surface area contributed by atoms with Crippen LogP contribution in [-0.2, 0) is 0 Å². The Morgan fingerprint density at radius 1 is 1.35 bits per heavy atom. The van der Waals surface area contributed by atoms with Crippen molar-refractivity contribution in [3.05, 3.63) is 35.6 Å². The van der Waals surface area contributed by atoms with E-state index < -0.39 is 0 Å². The molecule has 0 aliphatic carbocycles. The summed E-state index contributed by atoms with van der Waals surface area (Å²) in [5.74, 6) is 0.587. The number of halogens is 1. The molecule has 0 aliphatic rings. The number of rotatable bonds is 6. The first-order valence-electron chi connectivity index (χ1n) is 5.56. The van der Waals surface area contributed by atoms with E-state index in [2.05, 4.69) is 0 Å². The summed E-state index contributed by atoms with van der Waals surface area (Å²) in [4.78, 5) is 12.0. The molecule has 1 N–H and O–H groups in total. The smallest absolute Gasteiger partial charge is 0.175 e. The number of aliphatic hydroxyl groups is 1. The molecule has 0 saturated heterocycles. The van der Waals surface area contributed by atoms with Crippen LogP contribution in [0.4, 0.5) is 4.39 Å².